The Morgan fingerprint density at radius 2 is 1.92 bits per heavy atom. The van der Waals surface area contributed by atoms with Gasteiger partial charge in [0.1, 0.15) is 22.4 Å². The van der Waals surface area contributed by atoms with Crippen LogP contribution < -0.4 is 4.74 Å². The number of fused-ring (bicyclic) bond motifs is 2. The summed E-state index contributed by atoms with van der Waals surface area (Å²) in [4.78, 5) is 17.5. The number of hydrogen-bond donors (Lipinski definition) is 1. The highest BCUT2D eigenvalue weighted by atomic mass is 32.2. The number of H-pyrrole nitrogens is 1. The van der Waals surface area contributed by atoms with Gasteiger partial charge in [-0.2, -0.15) is 4.31 Å². The molecule has 0 radical (unpaired) electrons. The monoisotopic (exact) mass is 375 g/mol. The summed E-state index contributed by atoms with van der Waals surface area (Å²) in [7, 11) is -2.03. The van der Waals surface area contributed by atoms with Crippen molar-refractivity contribution >= 4 is 15.9 Å². The molecule has 1 aromatic carbocycles. The topological polar surface area (TPSA) is 82.7 Å². The molecule has 1 aromatic heterocycles. The number of aromatic nitrogens is 1. The number of likely N-dealkylation sites (N-methyl/N-ethyl adjacent to an activating group) is 1. The molecular formula is C18H21N3O4S. The van der Waals surface area contributed by atoms with Crippen LogP contribution in [0.15, 0.2) is 47.5 Å². The van der Waals surface area contributed by atoms with E-state index < -0.39 is 10.0 Å². The quantitative estimate of drug-likeness (QED) is 0.822. The van der Waals surface area contributed by atoms with Crippen LogP contribution in [0.5, 0.6) is 5.75 Å². The number of ether oxygens (including phenoxy) is 1. The average molecular weight is 375 g/mol. The van der Waals surface area contributed by atoms with Crippen molar-refractivity contribution in [2.75, 3.05) is 20.1 Å². The lowest BCUT2D eigenvalue weighted by atomic mass is 10.1. The normalized spacial score (nSPS) is 25.3. The van der Waals surface area contributed by atoms with E-state index in [9.17, 15) is 13.2 Å². The van der Waals surface area contributed by atoms with Gasteiger partial charge in [0.25, 0.3) is 5.91 Å². The van der Waals surface area contributed by atoms with Crippen LogP contribution in [0.25, 0.3) is 0 Å². The molecule has 2 aromatic rings. The average Bonchev–Trinajstić information content (AvgIpc) is 3.07. The number of nitrogens with one attached hydrogen (secondary N) is 1. The Kier molecular flexibility index (Phi) is 4.24. The van der Waals surface area contributed by atoms with Crippen molar-refractivity contribution in [3.8, 4) is 5.75 Å². The van der Waals surface area contributed by atoms with Gasteiger partial charge in [0, 0.05) is 32.8 Å². The lowest BCUT2D eigenvalue weighted by molar-refractivity contribution is 0.0750. The molecule has 0 bridgehead atoms. The Morgan fingerprint density at radius 3 is 2.69 bits per heavy atom. The summed E-state index contributed by atoms with van der Waals surface area (Å²) in [6, 6.07) is 9.96. The molecule has 0 saturated carbocycles. The second kappa shape index (κ2) is 6.44. The minimum absolute atomic E-state index is 0.0719. The van der Waals surface area contributed by atoms with E-state index in [1.54, 1.807) is 54.5 Å². The molecule has 0 aliphatic carbocycles. The molecule has 2 aliphatic heterocycles. The molecule has 2 atom stereocenters. The smallest absolute Gasteiger partial charge is 0.270 e. The zero-order valence-corrected chi connectivity index (χ0v) is 15.3. The Labute approximate surface area is 152 Å². The van der Waals surface area contributed by atoms with Crippen molar-refractivity contribution in [2.24, 2.45) is 0 Å². The van der Waals surface area contributed by atoms with Crippen LogP contribution in [0.3, 0.4) is 0 Å². The molecule has 3 heterocycles. The molecule has 26 heavy (non-hydrogen) atoms. The molecule has 7 nitrogen and oxygen atoms in total. The lowest BCUT2D eigenvalue weighted by Gasteiger charge is -2.28. The molecule has 1 fully saturated rings. The zero-order chi connectivity index (χ0) is 18.3. The van der Waals surface area contributed by atoms with Gasteiger partial charge in [-0.1, -0.05) is 12.1 Å². The molecule has 1 amide bonds. The van der Waals surface area contributed by atoms with E-state index in [0.717, 1.165) is 0 Å². The Bertz CT molecular complexity index is 910. The Hall–Kier alpha value is -2.32. The number of rotatable bonds is 1. The molecule has 1 saturated heterocycles. The van der Waals surface area contributed by atoms with Crippen molar-refractivity contribution in [3.05, 3.63) is 48.3 Å². The van der Waals surface area contributed by atoms with Crippen LogP contribution in [-0.2, 0) is 10.0 Å². The maximum Gasteiger partial charge on any atom is 0.270 e. The lowest BCUT2D eigenvalue weighted by Crippen LogP contribution is -2.44. The first-order chi connectivity index (χ1) is 12.5. The standard InChI is InChI=1S/C18H21N3O4S/c1-20-14-8-11-21(18(22)13-5-4-10-19-13)12-9-15(14)25-16-6-2-3-7-17(16)26(20,23)24/h2-7,10,14-15,19H,8-9,11-12H2,1H3/t14-,15-/m1/s1. The molecule has 0 spiro atoms. The van der Waals surface area contributed by atoms with E-state index in [1.165, 1.54) is 4.31 Å². The summed E-state index contributed by atoms with van der Waals surface area (Å²) < 4.78 is 33.4. The van der Waals surface area contributed by atoms with Crippen LogP contribution in [0.4, 0.5) is 0 Å². The Morgan fingerprint density at radius 1 is 1.15 bits per heavy atom. The van der Waals surface area contributed by atoms with E-state index in [-0.39, 0.29) is 22.9 Å². The van der Waals surface area contributed by atoms with Crippen molar-refractivity contribution in [2.45, 2.75) is 29.9 Å². The number of para-hydroxylation sites is 1. The van der Waals surface area contributed by atoms with Gasteiger partial charge in [-0.3, -0.25) is 4.79 Å². The van der Waals surface area contributed by atoms with E-state index in [2.05, 4.69) is 4.98 Å². The molecule has 4 rings (SSSR count). The number of aromatic amines is 1. The summed E-state index contributed by atoms with van der Waals surface area (Å²) in [5.41, 5.74) is 0.541. The van der Waals surface area contributed by atoms with E-state index >= 15 is 0 Å². The number of nitrogens with zero attached hydrogens (tertiary/aromatic N) is 2. The summed E-state index contributed by atoms with van der Waals surface area (Å²) in [5, 5.41) is 0. The van der Waals surface area contributed by atoms with Crippen LogP contribution in [0.1, 0.15) is 23.3 Å². The van der Waals surface area contributed by atoms with Gasteiger partial charge < -0.3 is 14.6 Å². The van der Waals surface area contributed by atoms with Gasteiger partial charge in [0.05, 0.1) is 6.04 Å². The van der Waals surface area contributed by atoms with E-state index in [4.69, 9.17) is 4.74 Å². The summed E-state index contributed by atoms with van der Waals surface area (Å²) in [6.45, 7) is 1.01. The van der Waals surface area contributed by atoms with Crippen molar-refractivity contribution in [3.63, 3.8) is 0 Å². The minimum atomic E-state index is -3.63. The van der Waals surface area contributed by atoms with E-state index in [1.807, 2.05) is 0 Å². The van der Waals surface area contributed by atoms with Crippen LogP contribution in [-0.4, -0.2) is 60.8 Å². The molecule has 138 valence electrons. The third-order valence-electron chi connectivity index (χ3n) is 5.17. The van der Waals surface area contributed by atoms with E-state index in [0.29, 0.717) is 37.4 Å². The van der Waals surface area contributed by atoms with Crippen LogP contribution >= 0.6 is 0 Å². The van der Waals surface area contributed by atoms with Gasteiger partial charge >= 0.3 is 0 Å². The number of likely N-dealkylation sites (tertiary alicyclic amines) is 1. The SMILES string of the molecule is CN1[C@@H]2CCN(C(=O)c3ccc[nH]3)CC[C@H]2Oc2ccccc2S1(=O)=O. The predicted molar refractivity (Wildman–Crippen MR) is 95.5 cm³/mol. The van der Waals surface area contributed by atoms with Gasteiger partial charge in [0.2, 0.25) is 10.0 Å². The molecule has 2 aliphatic rings. The van der Waals surface area contributed by atoms with Gasteiger partial charge in [-0.05, 0) is 30.7 Å². The third-order valence-corrected chi connectivity index (χ3v) is 7.10. The third kappa shape index (κ3) is 2.79. The van der Waals surface area contributed by atoms with Crippen LogP contribution in [0, 0.1) is 0 Å². The van der Waals surface area contributed by atoms with Crippen molar-refractivity contribution in [1.82, 2.24) is 14.2 Å². The second-order valence-electron chi connectivity index (χ2n) is 6.64. The fourth-order valence-electron chi connectivity index (χ4n) is 3.71. The highest BCUT2D eigenvalue weighted by Crippen LogP contribution is 2.35. The highest BCUT2D eigenvalue weighted by molar-refractivity contribution is 7.89. The maximum atomic E-state index is 13.0. The molecule has 1 N–H and O–H groups in total. The first-order valence-electron chi connectivity index (χ1n) is 8.65. The second-order valence-corrected chi connectivity index (χ2v) is 8.61. The van der Waals surface area contributed by atoms with Gasteiger partial charge in [0.15, 0.2) is 0 Å². The fraction of sp³-hybridized carbons (Fsp3) is 0.389. The number of benzene rings is 1. The predicted octanol–water partition coefficient (Wildman–Crippen LogP) is 1.70. The summed E-state index contributed by atoms with van der Waals surface area (Å²) in [5.74, 6) is 0.313. The number of carbonyl (C=O) groups excluding carboxylic acids is 1. The molecular weight excluding hydrogens is 354 g/mol. The molecule has 8 heteroatoms. The largest absolute Gasteiger partial charge is 0.487 e. The summed E-state index contributed by atoms with van der Waals surface area (Å²) in [6.07, 6.45) is 2.53. The van der Waals surface area contributed by atoms with Crippen molar-refractivity contribution in [1.29, 1.82) is 0 Å². The number of carbonyl (C=O) groups is 1. The fourth-order valence-corrected chi connectivity index (χ4v) is 5.24. The maximum absolute atomic E-state index is 13.0. The minimum Gasteiger partial charge on any atom is -0.487 e. The summed E-state index contributed by atoms with van der Waals surface area (Å²) >= 11 is 0. The first kappa shape index (κ1) is 17.1. The van der Waals surface area contributed by atoms with Gasteiger partial charge in [-0.15, -0.1) is 0 Å². The highest BCUT2D eigenvalue weighted by Gasteiger charge is 2.41. The first-order valence-corrected chi connectivity index (χ1v) is 10.1. The van der Waals surface area contributed by atoms with Crippen LogP contribution in [0.2, 0.25) is 0 Å². The number of hydrogen-bond acceptors (Lipinski definition) is 4. The van der Waals surface area contributed by atoms with Gasteiger partial charge in [-0.25, -0.2) is 8.42 Å². The number of amides is 1. The zero-order valence-electron chi connectivity index (χ0n) is 14.5. The molecule has 0 unspecified atom stereocenters. The Balaban J connectivity index is 1.63. The van der Waals surface area contributed by atoms with Crippen molar-refractivity contribution < 1.29 is 17.9 Å². The number of sulfonamides is 1.